The number of ether oxygens (including phenoxy) is 2. The number of benzene rings is 2. The maximum Gasteiger partial charge on any atom is 0.573 e. The first-order valence-corrected chi connectivity index (χ1v) is 6.75. The Labute approximate surface area is 154 Å². The zero-order valence-corrected chi connectivity index (χ0v) is 13.2. The molecule has 0 aliphatic rings. The molecular formula is C14HF13O3. The molecule has 2 aromatic carbocycles. The van der Waals surface area contributed by atoms with Gasteiger partial charge in [0, 0.05) is 0 Å². The Morgan fingerprint density at radius 3 is 1.23 bits per heavy atom. The van der Waals surface area contributed by atoms with Crippen molar-refractivity contribution in [2.45, 2.75) is 12.7 Å². The van der Waals surface area contributed by atoms with Crippen LogP contribution in [-0.4, -0.2) is 17.8 Å². The number of rotatable bonds is 3. The molecule has 0 saturated heterocycles. The predicted molar refractivity (Wildman–Crippen MR) is 66.6 cm³/mol. The van der Waals surface area contributed by atoms with E-state index >= 15 is 0 Å². The van der Waals surface area contributed by atoms with Crippen molar-refractivity contribution in [3.8, 4) is 28.4 Å². The lowest BCUT2D eigenvalue weighted by atomic mass is 10.00. The molecule has 0 heterocycles. The first-order valence-electron chi connectivity index (χ1n) is 6.75. The van der Waals surface area contributed by atoms with Gasteiger partial charge in [0.15, 0.2) is 29.0 Å². The number of alkyl halides is 6. The van der Waals surface area contributed by atoms with Gasteiger partial charge in [-0.15, -0.1) is 26.3 Å². The van der Waals surface area contributed by atoms with Gasteiger partial charge in [0.2, 0.25) is 29.0 Å². The van der Waals surface area contributed by atoms with E-state index < -0.39 is 81.8 Å². The lowest BCUT2D eigenvalue weighted by molar-refractivity contribution is -0.277. The molecule has 0 radical (unpaired) electrons. The fourth-order valence-corrected chi connectivity index (χ4v) is 2.10. The maximum atomic E-state index is 14.1. The fourth-order valence-electron chi connectivity index (χ4n) is 2.10. The van der Waals surface area contributed by atoms with E-state index in [1.54, 1.807) is 0 Å². The number of hydrogen-bond acceptors (Lipinski definition) is 3. The largest absolute Gasteiger partial charge is 0.573 e. The Bertz CT molecular complexity index is 981. The molecule has 16 heteroatoms. The summed E-state index contributed by atoms with van der Waals surface area (Å²) in [6.45, 7) is 0. The minimum atomic E-state index is -5.99. The highest BCUT2D eigenvalue weighted by molar-refractivity contribution is 5.75. The molecule has 2 aromatic rings. The van der Waals surface area contributed by atoms with Crippen molar-refractivity contribution in [1.29, 1.82) is 0 Å². The third-order valence-corrected chi connectivity index (χ3v) is 3.16. The molecule has 30 heavy (non-hydrogen) atoms. The van der Waals surface area contributed by atoms with Gasteiger partial charge in [0.25, 0.3) is 0 Å². The molecule has 0 bridgehead atoms. The van der Waals surface area contributed by atoms with Crippen LogP contribution in [-0.2, 0) is 0 Å². The van der Waals surface area contributed by atoms with Gasteiger partial charge in [0.05, 0.1) is 11.1 Å². The van der Waals surface area contributed by atoms with Crippen LogP contribution in [0.2, 0.25) is 0 Å². The van der Waals surface area contributed by atoms with Crippen LogP contribution in [0, 0.1) is 40.7 Å². The number of phenols is 1. The molecule has 166 valence electrons. The Morgan fingerprint density at radius 1 is 0.467 bits per heavy atom. The van der Waals surface area contributed by atoms with E-state index in [1.165, 1.54) is 0 Å². The Balaban J connectivity index is 2.98. The third kappa shape index (κ3) is 4.11. The second-order valence-corrected chi connectivity index (χ2v) is 5.05. The van der Waals surface area contributed by atoms with Gasteiger partial charge < -0.3 is 14.6 Å². The van der Waals surface area contributed by atoms with Gasteiger partial charge in [0.1, 0.15) is 0 Å². The van der Waals surface area contributed by atoms with E-state index in [2.05, 4.69) is 9.47 Å². The lowest BCUT2D eigenvalue weighted by Crippen LogP contribution is -2.21. The first-order chi connectivity index (χ1) is 13.5. The molecule has 0 atom stereocenters. The quantitative estimate of drug-likeness (QED) is 0.459. The van der Waals surface area contributed by atoms with Gasteiger partial charge >= 0.3 is 12.7 Å². The molecule has 0 aliphatic carbocycles. The minimum absolute atomic E-state index is 2.48. The summed E-state index contributed by atoms with van der Waals surface area (Å²) in [4.78, 5) is 0. The number of aromatic hydroxyl groups is 1. The van der Waals surface area contributed by atoms with Crippen LogP contribution in [0.1, 0.15) is 0 Å². The summed E-state index contributed by atoms with van der Waals surface area (Å²) in [5, 5.41) is 8.94. The van der Waals surface area contributed by atoms with Crippen molar-refractivity contribution in [1.82, 2.24) is 0 Å². The molecule has 0 aliphatic heterocycles. The summed E-state index contributed by atoms with van der Waals surface area (Å²) in [5.41, 5.74) is -5.21. The van der Waals surface area contributed by atoms with Crippen LogP contribution in [0.4, 0.5) is 57.1 Å². The SMILES string of the molecule is Oc1c(F)c(F)c(-c2c(F)c(F)c(OC(F)(F)F)c(F)c2F)c(OC(F)(F)F)c1F. The second-order valence-electron chi connectivity index (χ2n) is 5.05. The number of halogens is 13. The average Bonchev–Trinajstić information content (AvgIpc) is 2.60. The zero-order valence-electron chi connectivity index (χ0n) is 13.2. The summed E-state index contributed by atoms with van der Waals surface area (Å²) in [6, 6.07) is 0. The van der Waals surface area contributed by atoms with E-state index in [4.69, 9.17) is 5.11 Å². The van der Waals surface area contributed by atoms with Crippen molar-refractivity contribution in [2.75, 3.05) is 0 Å². The van der Waals surface area contributed by atoms with Crippen molar-refractivity contribution in [2.24, 2.45) is 0 Å². The van der Waals surface area contributed by atoms with Crippen LogP contribution < -0.4 is 9.47 Å². The highest BCUT2D eigenvalue weighted by Gasteiger charge is 2.42. The minimum Gasteiger partial charge on any atom is -0.503 e. The van der Waals surface area contributed by atoms with Gasteiger partial charge in [-0.3, -0.25) is 0 Å². The Kier molecular flexibility index (Phi) is 5.66. The topological polar surface area (TPSA) is 38.7 Å². The molecule has 0 saturated carbocycles. The lowest BCUT2D eigenvalue weighted by Gasteiger charge is -2.19. The Hall–Kier alpha value is -3.07. The summed E-state index contributed by atoms with van der Waals surface area (Å²) in [7, 11) is 0. The van der Waals surface area contributed by atoms with E-state index in [-0.39, 0.29) is 0 Å². The molecule has 3 nitrogen and oxygen atoms in total. The van der Waals surface area contributed by atoms with E-state index in [9.17, 15) is 57.1 Å². The zero-order chi connectivity index (χ0) is 23.3. The summed E-state index contributed by atoms with van der Waals surface area (Å²) < 4.78 is 176. The van der Waals surface area contributed by atoms with Crippen LogP contribution in [0.25, 0.3) is 11.1 Å². The number of phenolic OH excluding ortho intramolecular Hbond substituents is 1. The van der Waals surface area contributed by atoms with Gasteiger partial charge in [-0.05, 0) is 0 Å². The summed E-state index contributed by atoms with van der Waals surface area (Å²) in [6.07, 6.45) is -11.9. The fraction of sp³-hybridized carbons (Fsp3) is 0.143. The summed E-state index contributed by atoms with van der Waals surface area (Å²) >= 11 is 0. The van der Waals surface area contributed by atoms with Crippen LogP contribution >= 0.6 is 0 Å². The molecule has 0 amide bonds. The van der Waals surface area contributed by atoms with Crippen LogP contribution in [0.3, 0.4) is 0 Å². The maximum absolute atomic E-state index is 14.1. The number of hydrogen-bond donors (Lipinski definition) is 1. The third-order valence-electron chi connectivity index (χ3n) is 3.16. The van der Waals surface area contributed by atoms with Gasteiger partial charge in [-0.2, -0.15) is 17.6 Å². The van der Waals surface area contributed by atoms with Crippen molar-refractivity contribution < 1.29 is 71.7 Å². The highest BCUT2D eigenvalue weighted by atomic mass is 19.4. The second kappa shape index (κ2) is 7.32. The smallest absolute Gasteiger partial charge is 0.503 e. The predicted octanol–water partition coefficient (Wildman–Crippen LogP) is 5.83. The van der Waals surface area contributed by atoms with Gasteiger partial charge in [-0.25, -0.2) is 13.2 Å². The monoisotopic (exact) mass is 464 g/mol. The molecule has 2 rings (SSSR count). The standard InChI is InChI=1S/C14HF13O3/c15-3-1(4(16)8(20)12(7(3)19)30-14(25,26)27)2-5(17)6(18)10(28)9(21)11(2)29-13(22,23)24/h28H. The van der Waals surface area contributed by atoms with E-state index in [1.807, 2.05) is 0 Å². The van der Waals surface area contributed by atoms with E-state index in [0.717, 1.165) is 0 Å². The molecule has 0 unspecified atom stereocenters. The first kappa shape index (κ1) is 23.2. The van der Waals surface area contributed by atoms with Crippen molar-refractivity contribution in [3.05, 3.63) is 40.7 Å². The highest BCUT2D eigenvalue weighted by Crippen LogP contribution is 2.47. The molecular weight excluding hydrogens is 463 g/mol. The van der Waals surface area contributed by atoms with Gasteiger partial charge in [-0.1, -0.05) is 0 Å². The molecule has 0 spiro atoms. The van der Waals surface area contributed by atoms with Crippen LogP contribution in [0.15, 0.2) is 0 Å². The molecule has 0 aromatic heterocycles. The normalized spacial score (nSPS) is 12.3. The Morgan fingerprint density at radius 2 is 0.833 bits per heavy atom. The summed E-state index contributed by atoms with van der Waals surface area (Å²) in [5.74, 6) is -28.6. The molecule has 0 fully saturated rings. The van der Waals surface area contributed by atoms with Crippen LogP contribution in [0.5, 0.6) is 17.2 Å². The van der Waals surface area contributed by atoms with E-state index in [0.29, 0.717) is 0 Å². The van der Waals surface area contributed by atoms with Crippen molar-refractivity contribution in [3.63, 3.8) is 0 Å². The van der Waals surface area contributed by atoms with Crippen molar-refractivity contribution >= 4 is 0 Å². The molecule has 1 N–H and O–H groups in total. The average molecular weight is 464 g/mol.